The SMILES string of the molecule is Cc1ccc(-c2noc(C[C@@H]3CCCN3/C(=N/C(=O)OC(C)(C)C)NC(=O)OC(C)(C)C)n2)cc1. The van der Waals surface area contributed by atoms with Crippen LogP contribution in [0.3, 0.4) is 0 Å². The van der Waals surface area contributed by atoms with Gasteiger partial charge in [-0.05, 0) is 61.3 Å². The third-order valence-corrected chi connectivity index (χ3v) is 5.04. The first-order chi connectivity index (χ1) is 16.3. The average molecular weight is 486 g/mol. The molecule has 1 aliphatic heterocycles. The molecule has 10 heteroatoms. The van der Waals surface area contributed by atoms with E-state index in [0.29, 0.717) is 24.7 Å². The van der Waals surface area contributed by atoms with Crippen LogP contribution in [-0.4, -0.2) is 57.0 Å². The van der Waals surface area contributed by atoms with Gasteiger partial charge in [0.2, 0.25) is 17.7 Å². The summed E-state index contributed by atoms with van der Waals surface area (Å²) in [6.07, 6.45) is 0.569. The van der Waals surface area contributed by atoms with Gasteiger partial charge in [0.05, 0.1) is 0 Å². The number of amides is 2. The summed E-state index contributed by atoms with van der Waals surface area (Å²) >= 11 is 0. The predicted octanol–water partition coefficient (Wildman–Crippen LogP) is 4.87. The highest BCUT2D eigenvalue weighted by Gasteiger charge is 2.32. The number of aromatic nitrogens is 2. The van der Waals surface area contributed by atoms with Gasteiger partial charge in [-0.2, -0.15) is 4.98 Å². The van der Waals surface area contributed by atoms with Crippen LogP contribution in [0.2, 0.25) is 0 Å². The molecule has 190 valence electrons. The van der Waals surface area contributed by atoms with Crippen molar-refractivity contribution in [2.24, 2.45) is 4.99 Å². The molecular formula is C25H35N5O5. The number of carbonyl (C=O) groups excluding carboxylic acids is 2. The summed E-state index contributed by atoms with van der Waals surface area (Å²) in [7, 11) is 0. The minimum absolute atomic E-state index is 0.0780. The Bertz CT molecular complexity index is 1060. The highest BCUT2D eigenvalue weighted by atomic mass is 16.6. The normalized spacial score (nSPS) is 16.8. The number of aryl methyl sites for hydroxylation is 1. The van der Waals surface area contributed by atoms with Crippen LogP contribution >= 0.6 is 0 Å². The summed E-state index contributed by atoms with van der Waals surface area (Å²) in [5.41, 5.74) is 0.584. The molecule has 0 bridgehead atoms. The molecule has 0 unspecified atom stereocenters. The fraction of sp³-hybridized carbons (Fsp3) is 0.560. The second-order valence-electron chi connectivity index (χ2n) is 10.6. The number of carbonyl (C=O) groups is 2. The highest BCUT2D eigenvalue weighted by Crippen LogP contribution is 2.23. The lowest BCUT2D eigenvalue weighted by Gasteiger charge is -2.28. The molecule has 2 amide bonds. The van der Waals surface area contributed by atoms with Crippen LogP contribution in [0, 0.1) is 6.92 Å². The van der Waals surface area contributed by atoms with Crippen molar-refractivity contribution in [1.29, 1.82) is 0 Å². The number of hydrogen-bond acceptors (Lipinski definition) is 7. The molecule has 35 heavy (non-hydrogen) atoms. The van der Waals surface area contributed by atoms with Gasteiger partial charge >= 0.3 is 12.2 Å². The largest absolute Gasteiger partial charge is 0.444 e. The Morgan fingerprint density at radius 2 is 1.77 bits per heavy atom. The molecule has 0 aliphatic carbocycles. The zero-order valence-electron chi connectivity index (χ0n) is 21.5. The first kappa shape index (κ1) is 26.2. The number of alkyl carbamates (subject to hydrolysis) is 1. The van der Waals surface area contributed by atoms with E-state index in [4.69, 9.17) is 14.0 Å². The van der Waals surface area contributed by atoms with Crippen LogP contribution in [0.1, 0.15) is 65.8 Å². The first-order valence-electron chi connectivity index (χ1n) is 11.8. The Balaban J connectivity index is 1.79. The number of guanidine groups is 1. The van der Waals surface area contributed by atoms with E-state index in [1.807, 2.05) is 36.1 Å². The number of rotatable bonds is 3. The Kier molecular flexibility index (Phi) is 7.82. The van der Waals surface area contributed by atoms with Gasteiger partial charge in [-0.1, -0.05) is 35.0 Å². The Labute approximate surface area is 206 Å². The maximum atomic E-state index is 12.5. The van der Waals surface area contributed by atoms with Crippen molar-refractivity contribution in [3.05, 3.63) is 35.7 Å². The Morgan fingerprint density at radius 3 is 2.40 bits per heavy atom. The van der Waals surface area contributed by atoms with E-state index in [0.717, 1.165) is 24.0 Å². The van der Waals surface area contributed by atoms with Crippen LogP contribution in [0.4, 0.5) is 9.59 Å². The summed E-state index contributed by atoms with van der Waals surface area (Å²) in [6, 6.07) is 7.76. The zero-order valence-corrected chi connectivity index (χ0v) is 21.5. The lowest BCUT2D eigenvalue weighted by molar-refractivity contribution is 0.0554. The van der Waals surface area contributed by atoms with Gasteiger partial charge in [0.25, 0.3) is 0 Å². The van der Waals surface area contributed by atoms with Gasteiger partial charge < -0.3 is 18.9 Å². The molecule has 2 aromatic rings. The number of aliphatic imine (C=N–C) groups is 1. The molecule has 1 aromatic heterocycles. The fourth-order valence-electron chi connectivity index (χ4n) is 3.62. The van der Waals surface area contributed by atoms with Gasteiger partial charge in [0.15, 0.2) is 0 Å². The summed E-state index contributed by atoms with van der Waals surface area (Å²) in [5, 5.41) is 6.74. The van der Waals surface area contributed by atoms with E-state index >= 15 is 0 Å². The van der Waals surface area contributed by atoms with Gasteiger partial charge in [0, 0.05) is 24.6 Å². The standard InChI is InChI=1S/C25H35N5O5/c1-16-10-12-17(13-11-16)20-26-19(35-29-20)15-18-9-8-14-30(18)21(27-22(31)33-24(2,3)4)28-23(32)34-25(5,6)7/h10-13,18H,8-9,14-15H2,1-7H3,(H,27,28,31,32)/t18-/m0/s1. The maximum Gasteiger partial charge on any atom is 0.437 e. The molecule has 2 heterocycles. The van der Waals surface area contributed by atoms with Crippen LogP contribution in [0.25, 0.3) is 11.4 Å². The van der Waals surface area contributed by atoms with E-state index in [1.54, 1.807) is 41.5 Å². The van der Waals surface area contributed by atoms with E-state index in [2.05, 4.69) is 20.4 Å². The molecule has 1 aliphatic rings. The van der Waals surface area contributed by atoms with E-state index in [9.17, 15) is 9.59 Å². The summed E-state index contributed by atoms with van der Waals surface area (Å²) in [6.45, 7) is 13.1. The van der Waals surface area contributed by atoms with E-state index in [1.165, 1.54) is 0 Å². The maximum absolute atomic E-state index is 12.5. The van der Waals surface area contributed by atoms with Crippen LogP contribution in [0.15, 0.2) is 33.8 Å². The second kappa shape index (κ2) is 10.5. The molecule has 1 saturated heterocycles. The number of nitrogens with one attached hydrogen (secondary N) is 1. The van der Waals surface area contributed by atoms with Crippen molar-refractivity contribution in [3.8, 4) is 11.4 Å². The zero-order chi connectivity index (χ0) is 25.8. The molecule has 10 nitrogen and oxygen atoms in total. The number of benzene rings is 1. The van der Waals surface area contributed by atoms with Crippen molar-refractivity contribution >= 4 is 18.1 Å². The predicted molar refractivity (Wildman–Crippen MR) is 131 cm³/mol. The summed E-state index contributed by atoms with van der Waals surface area (Å²) in [4.78, 5) is 35.4. The Hall–Kier alpha value is -3.43. The molecule has 3 rings (SSSR count). The third-order valence-electron chi connectivity index (χ3n) is 5.04. The molecule has 0 spiro atoms. The lowest BCUT2D eigenvalue weighted by atomic mass is 10.1. The molecule has 1 aromatic carbocycles. The van der Waals surface area contributed by atoms with E-state index in [-0.39, 0.29) is 12.0 Å². The van der Waals surface area contributed by atoms with Crippen molar-refractivity contribution in [1.82, 2.24) is 20.4 Å². The minimum atomic E-state index is -0.798. The topological polar surface area (TPSA) is 119 Å². The van der Waals surface area contributed by atoms with Gasteiger partial charge in [-0.15, -0.1) is 4.99 Å². The van der Waals surface area contributed by atoms with Gasteiger partial charge in [-0.25, -0.2) is 9.59 Å². The second-order valence-corrected chi connectivity index (χ2v) is 10.6. The smallest absolute Gasteiger partial charge is 0.437 e. The highest BCUT2D eigenvalue weighted by molar-refractivity contribution is 5.99. The summed E-state index contributed by atoms with van der Waals surface area (Å²) < 4.78 is 16.2. The van der Waals surface area contributed by atoms with Crippen LogP contribution in [0.5, 0.6) is 0 Å². The number of nitrogens with zero attached hydrogens (tertiary/aromatic N) is 4. The quantitative estimate of drug-likeness (QED) is 0.483. The van der Waals surface area contributed by atoms with Gasteiger partial charge in [-0.3, -0.25) is 5.32 Å². The number of ether oxygens (including phenoxy) is 2. The lowest BCUT2D eigenvalue weighted by Crippen LogP contribution is -2.49. The van der Waals surface area contributed by atoms with Crippen LogP contribution in [-0.2, 0) is 15.9 Å². The number of hydrogen-bond donors (Lipinski definition) is 1. The first-order valence-corrected chi connectivity index (χ1v) is 11.8. The average Bonchev–Trinajstić information content (AvgIpc) is 3.35. The monoisotopic (exact) mass is 485 g/mol. The Morgan fingerprint density at radius 1 is 1.11 bits per heavy atom. The van der Waals surface area contributed by atoms with Crippen molar-refractivity contribution < 1.29 is 23.6 Å². The summed E-state index contributed by atoms with van der Waals surface area (Å²) in [5.74, 6) is 1.06. The van der Waals surface area contributed by atoms with Crippen molar-refractivity contribution in [3.63, 3.8) is 0 Å². The molecule has 1 atom stereocenters. The molecule has 1 N–H and O–H groups in total. The van der Waals surface area contributed by atoms with Gasteiger partial charge in [0.1, 0.15) is 11.2 Å². The molecular weight excluding hydrogens is 450 g/mol. The third kappa shape index (κ3) is 8.08. The van der Waals surface area contributed by atoms with E-state index < -0.39 is 23.4 Å². The molecule has 0 saturated carbocycles. The van der Waals surface area contributed by atoms with Crippen molar-refractivity contribution in [2.45, 2.75) is 85.0 Å². The minimum Gasteiger partial charge on any atom is -0.444 e. The van der Waals surface area contributed by atoms with Crippen molar-refractivity contribution in [2.75, 3.05) is 6.54 Å². The fourth-order valence-corrected chi connectivity index (χ4v) is 3.62. The molecule has 1 fully saturated rings. The molecule has 0 radical (unpaired) electrons. The van der Waals surface area contributed by atoms with Crippen LogP contribution < -0.4 is 5.32 Å². The number of likely N-dealkylation sites (tertiary alicyclic amines) is 1.